The van der Waals surface area contributed by atoms with Crippen LogP contribution in [0.25, 0.3) is 0 Å². The van der Waals surface area contributed by atoms with Crippen molar-refractivity contribution in [3.8, 4) is 5.75 Å². The summed E-state index contributed by atoms with van der Waals surface area (Å²) < 4.78 is 5.78. The van der Waals surface area contributed by atoms with Gasteiger partial charge in [0.15, 0.2) is 0 Å². The first-order valence-corrected chi connectivity index (χ1v) is 8.18. The molecule has 0 unspecified atom stereocenters. The molecule has 0 aliphatic heterocycles. The van der Waals surface area contributed by atoms with E-state index in [1.165, 1.54) is 0 Å². The molecule has 1 amide bonds. The number of amides is 1. The van der Waals surface area contributed by atoms with Crippen LogP contribution in [-0.4, -0.2) is 23.6 Å². The Bertz CT molecular complexity index is 556. The average Bonchev–Trinajstić information content (AvgIpc) is 3.01. The Morgan fingerprint density at radius 3 is 2.61 bits per heavy atom. The van der Waals surface area contributed by atoms with Gasteiger partial charge in [-0.1, -0.05) is 32.0 Å². The number of para-hydroxylation sites is 1. The fourth-order valence-electron chi connectivity index (χ4n) is 2.82. The maximum Gasteiger partial charge on any atom is 0.306 e. The second-order valence-electron chi connectivity index (χ2n) is 6.58. The minimum absolute atomic E-state index is 0.0626. The molecule has 5 nitrogen and oxygen atoms in total. The van der Waals surface area contributed by atoms with Gasteiger partial charge in [0.05, 0.1) is 12.5 Å². The van der Waals surface area contributed by atoms with Crippen molar-refractivity contribution in [1.29, 1.82) is 0 Å². The smallest absolute Gasteiger partial charge is 0.306 e. The molecule has 5 heteroatoms. The molecule has 0 saturated heterocycles. The first kappa shape index (κ1) is 17.3. The van der Waals surface area contributed by atoms with Crippen molar-refractivity contribution in [2.24, 2.45) is 17.8 Å². The Hall–Kier alpha value is -2.04. The van der Waals surface area contributed by atoms with Crippen LogP contribution in [0, 0.1) is 17.8 Å². The summed E-state index contributed by atoms with van der Waals surface area (Å²) in [6, 6.07) is 7.67. The van der Waals surface area contributed by atoms with Gasteiger partial charge in [-0.15, -0.1) is 0 Å². The molecular formula is C18H25NO4. The van der Waals surface area contributed by atoms with Crippen LogP contribution in [-0.2, 0) is 16.1 Å². The minimum Gasteiger partial charge on any atom is -0.493 e. The normalized spacial score (nSPS) is 20.5. The van der Waals surface area contributed by atoms with Gasteiger partial charge in [0, 0.05) is 18.0 Å². The van der Waals surface area contributed by atoms with Crippen LogP contribution in [0.15, 0.2) is 24.3 Å². The van der Waals surface area contributed by atoms with Gasteiger partial charge in [-0.3, -0.25) is 9.59 Å². The number of rotatable bonds is 7. The van der Waals surface area contributed by atoms with E-state index in [0.29, 0.717) is 38.3 Å². The average molecular weight is 319 g/mol. The van der Waals surface area contributed by atoms with Gasteiger partial charge in [-0.2, -0.15) is 0 Å². The fraction of sp³-hybridized carbons (Fsp3) is 0.556. The summed E-state index contributed by atoms with van der Waals surface area (Å²) in [4.78, 5) is 23.2. The molecule has 1 aromatic rings. The lowest BCUT2D eigenvalue weighted by atomic mass is 10.0. The third-order valence-electron chi connectivity index (χ3n) is 4.15. The Labute approximate surface area is 137 Å². The number of hydrogen-bond donors (Lipinski definition) is 2. The number of carboxylic acids is 1. The Kier molecular flexibility index (Phi) is 6.02. The lowest BCUT2D eigenvalue weighted by Crippen LogP contribution is -2.29. The van der Waals surface area contributed by atoms with E-state index >= 15 is 0 Å². The number of aliphatic carboxylic acids is 1. The third-order valence-corrected chi connectivity index (χ3v) is 4.15. The second-order valence-corrected chi connectivity index (χ2v) is 6.58. The number of carboxylic acid groups (broad SMARTS) is 1. The highest BCUT2D eigenvalue weighted by Crippen LogP contribution is 2.31. The van der Waals surface area contributed by atoms with E-state index in [-0.39, 0.29) is 17.7 Å². The predicted octanol–water partition coefficient (Wildman–Crippen LogP) is 2.84. The predicted molar refractivity (Wildman–Crippen MR) is 87.1 cm³/mol. The van der Waals surface area contributed by atoms with Crippen LogP contribution < -0.4 is 10.1 Å². The first-order chi connectivity index (χ1) is 11.0. The summed E-state index contributed by atoms with van der Waals surface area (Å²) in [5.41, 5.74) is 0.939. The molecule has 1 aliphatic rings. The molecular weight excluding hydrogens is 294 g/mol. The number of ether oxygens (including phenoxy) is 1. The van der Waals surface area contributed by atoms with Crippen molar-refractivity contribution in [2.75, 3.05) is 6.61 Å². The Balaban J connectivity index is 1.88. The zero-order valence-electron chi connectivity index (χ0n) is 13.7. The molecule has 1 aliphatic carbocycles. The van der Waals surface area contributed by atoms with Crippen molar-refractivity contribution in [3.05, 3.63) is 29.8 Å². The van der Waals surface area contributed by atoms with Gasteiger partial charge < -0.3 is 15.2 Å². The van der Waals surface area contributed by atoms with Crippen LogP contribution in [0.1, 0.15) is 38.7 Å². The highest BCUT2D eigenvalue weighted by atomic mass is 16.5. The van der Waals surface area contributed by atoms with Crippen molar-refractivity contribution < 1.29 is 19.4 Å². The molecule has 0 bridgehead atoms. The molecule has 0 aromatic heterocycles. The van der Waals surface area contributed by atoms with Gasteiger partial charge in [0.25, 0.3) is 0 Å². The van der Waals surface area contributed by atoms with Crippen LogP contribution in [0.4, 0.5) is 0 Å². The summed E-state index contributed by atoms with van der Waals surface area (Å²) in [6.45, 7) is 5.21. The van der Waals surface area contributed by atoms with E-state index < -0.39 is 5.97 Å². The topological polar surface area (TPSA) is 75.6 Å². The number of hydrogen-bond acceptors (Lipinski definition) is 3. The van der Waals surface area contributed by atoms with E-state index in [1.54, 1.807) is 0 Å². The van der Waals surface area contributed by atoms with Crippen molar-refractivity contribution in [2.45, 2.75) is 39.7 Å². The first-order valence-electron chi connectivity index (χ1n) is 8.18. The van der Waals surface area contributed by atoms with Gasteiger partial charge in [-0.25, -0.2) is 0 Å². The maximum absolute atomic E-state index is 12.2. The summed E-state index contributed by atoms with van der Waals surface area (Å²) in [7, 11) is 0. The molecule has 1 aromatic carbocycles. The summed E-state index contributed by atoms with van der Waals surface area (Å²) >= 11 is 0. The van der Waals surface area contributed by atoms with E-state index in [4.69, 9.17) is 9.84 Å². The second kappa shape index (κ2) is 7.99. The van der Waals surface area contributed by atoms with Crippen LogP contribution in [0.2, 0.25) is 0 Å². The van der Waals surface area contributed by atoms with Crippen LogP contribution >= 0.6 is 0 Å². The molecule has 23 heavy (non-hydrogen) atoms. The highest BCUT2D eigenvalue weighted by molar-refractivity contribution is 5.80. The van der Waals surface area contributed by atoms with Gasteiger partial charge in [-0.05, 0) is 31.2 Å². The van der Waals surface area contributed by atoms with Crippen LogP contribution in [0.5, 0.6) is 5.75 Å². The molecule has 1 fully saturated rings. The molecule has 0 spiro atoms. The van der Waals surface area contributed by atoms with Gasteiger partial charge >= 0.3 is 5.97 Å². The number of carbonyl (C=O) groups excluding carboxylic acids is 1. The molecule has 0 radical (unpaired) electrons. The standard InChI is InChI=1S/C18H25NO4/c1-12(2)11-23-16-6-4-3-5-15(16)10-19-17(20)13-7-8-14(9-13)18(21)22/h3-6,12-14H,7-11H2,1-2H3,(H,19,20)(H,21,22)/t13-,14+/m1/s1. The largest absolute Gasteiger partial charge is 0.493 e. The molecule has 126 valence electrons. The Morgan fingerprint density at radius 2 is 1.96 bits per heavy atom. The molecule has 1 saturated carbocycles. The SMILES string of the molecule is CC(C)COc1ccccc1CNC(=O)[C@@H]1CC[C@H](C(=O)O)C1. The van der Waals surface area contributed by atoms with Crippen molar-refractivity contribution in [1.82, 2.24) is 5.32 Å². The highest BCUT2D eigenvalue weighted by Gasteiger charge is 2.33. The lowest BCUT2D eigenvalue weighted by Gasteiger charge is -2.15. The number of benzene rings is 1. The van der Waals surface area contributed by atoms with Gasteiger partial charge in [0.1, 0.15) is 5.75 Å². The molecule has 2 N–H and O–H groups in total. The summed E-state index contributed by atoms with van der Waals surface area (Å²) in [5, 5.41) is 11.9. The van der Waals surface area contributed by atoms with E-state index in [2.05, 4.69) is 19.2 Å². The molecule has 0 heterocycles. The number of carbonyl (C=O) groups is 2. The Morgan fingerprint density at radius 1 is 1.26 bits per heavy atom. The molecule has 2 atom stereocenters. The summed E-state index contributed by atoms with van der Waals surface area (Å²) in [6.07, 6.45) is 1.67. The third kappa shape index (κ3) is 4.98. The quantitative estimate of drug-likeness (QED) is 0.810. The zero-order chi connectivity index (χ0) is 16.8. The van der Waals surface area contributed by atoms with Gasteiger partial charge in [0.2, 0.25) is 5.91 Å². The van der Waals surface area contributed by atoms with Crippen molar-refractivity contribution in [3.63, 3.8) is 0 Å². The van der Waals surface area contributed by atoms with Crippen molar-refractivity contribution >= 4 is 11.9 Å². The lowest BCUT2D eigenvalue weighted by molar-refractivity contribution is -0.141. The van der Waals surface area contributed by atoms with Crippen LogP contribution in [0.3, 0.4) is 0 Å². The van der Waals surface area contributed by atoms with E-state index in [0.717, 1.165) is 11.3 Å². The fourth-order valence-corrected chi connectivity index (χ4v) is 2.82. The number of nitrogens with one attached hydrogen (secondary N) is 1. The molecule has 2 rings (SSSR count). The maximum atomic E-state index is 12.2. The zero-order valence-corrected chi connectivity index (χ0v) is 13.7. The monoisotopic (exact) mass is 319 g/mol. The summed E-state index contributed by atoms with van der Waals surface area (Å²) in [5.74, 6) is -0.215. The van der Waals surface area contributed by atoms with E-state index in [1.807, 2.05) is 24.3 Å². The minimum atomic E-state index is -0.798. The van der Waals surface area contributed by atoms with E-state index in [9.17, 15) is 9.59 Å².